The fourth-order valence-corrected chi connectivity index (χ4v) is 1.97. The molecule has 0 amide bonds. The van der Waals surface area contributed by atoms with Crippen molar-refractivity contribution >= 4 is 33.3 Å². The van der Waals surface area contributed by atoms with Crippen LogP contribution in [-0.4, -0.2) is 27.5 Å². The SMILES string of the molecule is COC(=O)C(C)Nc1cc(S(N)(=O)=O)ccc1Cl. The summed E-state index contributed by atoms with van der Waals surface area (Å²) in [6.07, 6.45) is 0. The maximum absolute atomic E-state index is 11.2. The number of carbonyl (C=O) groups excluding carboxylic acids is 1. The summed E-state index contributed by atoms with van der Waals surface area (Å²) in [7, 11) is -2.57. The van der Waals surface area contributed by atoms with Crippen molar-refractivity contribution in [1.82, 2.24) is 0 Å². The Hall–Kier alpha value is -1.31. The highest BCUT2D eigenvalue weighted by Crippen LogP contribution is 2.25. The van der Waals surface area contributed by atoms with Crippen molar-refractivity contribution < 1.29 is 17.9 Å². The number of rotatable bonds is 4. The molecule has 0 saturated heterocycles. The number of ether oxygens (including phenoxy) is 1. The number of carbonyl (C=O) groups is 1. The highest BCUT2D eigenvalue weighted by atomic mass is 35.5. The number of hydrogen-bond donors (Lipinski definition) is 2. The van der Waals surface area contributed by atoms with Crippen molar-refractivity contribution in [3.8, 4) is 0 Å². The third-order valence-corrected chi connectivity index (χ3v) is 3.43. The maximum atomic E-state index is 11.2. The average Bonchev–Trinajstić information content (AvgIpc) is 2.29. The Labute approximate surface area is 110 Å². The second-order valence-corrected chi connectivity index (χ2v) is 5.54. The molecule has 1 unspecified atom stereocenters. The van der Waals surface area contributed by atoms with Crippen molar-refractivity contribution in [3.63, 3.8) is 0 Å². The molecule has 0 aliphatic carbocycles. The minimum atomic E-state index is -3.82. The molecule has 0 bridgehead atoms. The highest BCUT2D eigenvalue weighted by Gasteiger charge is 2.16. The summed E-state index contributed by atoms with van der Waals surface area (Å²) in [4.78, 5) is 11.1. The van der Waals surface area contributed by atoms with Crippen molar-refractivity contribution in [3.05, 3.63) is 23.2 Å². The molecule has 100 valence electrons. The molecule has 8 heteroatoms. The van der Waals surface area contributed by atoms with Gasteiger partial charge in [-0.05, 0) is 25.1 Å². The van der Waals surface area contributed by atoms with Crippen LogP contribution in [0.5, 0.6) is 0 Å². The first-order valence-electron chi connectivity index (χ1n) is 4.92. The van der Waals surface area contributed by atoms with E-state index in [-0.39, 0.29) is 9.92 Å². The zero-order chi connectivity index (χ0) is 13.9. The predicted molar refractivity (Wildman–Crippen MR) is 67.9 cm³/mol. The Morgan fingerprint density at radius 1 is 1.50 bits per heavy atom. The largest absolute Gasteiger partial charge is 0.467 e. The van der Waals surface area contributed by atoms with Gasteiger partial charge < -0.3 is 10.1 Å². The number of nitrogens with one attached hydrogen (secondary N) is 1. The Morgan fingerprint density at radius 2 is 2.11 bits per heavy atom. The molecule has 1 aromatic carbocycles. The lowest BCUT2D eigenvalue weighted by molar-refractivity contribution is -0.141. The molecular weight excluding hydrogens is 280 g/mol. The third-order valence-electron chi connectivity index (χ3n) is 2.19. The van der Waals surface area contributed by atoms with Crippen LogP contribution in [0.15, 0.2) is 23.1 Å². The fourth-order valence-electron chi connectivity index (χ4n) is 1.26. The van der Waals surface area contributed by atoms with Crippen molar-refractivity contribution in [1.29, 1.82) is 0 Å². The minimum Gasteiger partial charge on any atom is -0.467 e. The van der Waals surface area contributed by atoms with E-state index in [0.29, 0.717) is 5.69 Å². The van der Waals surface area contributed by atoms with E-state index in [0.717, 1.165) is 0 Å². The van der Waals surface area contributed by atoms with Crippen LogP contribution in [0, 0.1) is 0 Å². The highest BCUT2D eigenvalue weighted by molar-refractivity contribution is 7.89. The molecule has 0 radical (unpaired) electrons. The van der Waals surface area contributed by atoms with Crippen molar-refractivity contribution in [2.45, 2.75) is 17.9 Å². The standard InChI is InChI=1S/C10H13ClN2O4S/c1-6(10(14)17-2)13-9-5-7(18(12,15)16)3-4-8(9)11/h3-6,13H,1-2H3,(H2,12,15,16). The molecule has 1 aromatic rings. The molecule has 0 saturated carbocycles. The lowest BCUT2D eigenvalue weighted by Crippen LogP contribution is -2.27. The first-order valence-corrected chi connectivity index (χ1v) is 6.85. The van der Waals surface area contributed by atoms with Gasteiger partial charge in [-0.2, -0.15) is 0 Å². The van der Waals surface area contributed by atoms with Gasteiger partial charge in [-0.3, -0.25) is 0 Å². The molecule has 18 heavy (non-hydrogen) atoms. The zero-order valence-electron chi connectivity index (χ0n) is 9.81. The number of benzene rings is 1. The summed E-state index contributed by atoms with van der Waals surface area (Å²) in [6, 6.07) is 3.26. The smallest absolute Gasteiger partial charge is 0.327 e. The van der Waals surface area contributed by atoms with Crippen LogP contribution < -0.4 is 10.5 Å². The number of sulfonamides is 1. The van der Waals surface area contributed by atoms with Gasteiger partial charge in [0.2, 0.25) is 10.0 Å². The van der Waals surface area contributed by atoms with Gasteiger partial charge in [-0.15, -0.1) is 0 Å². The molecule has 0 aliphatic rings. The van der Waals surface area contributed by atoms with Gasteiger partial charge in [0.05, 0.1) is 22.7 Å². The van der Waals surface area contributed by atoms with E-state index in [1.807, 2.05) is 0 Å². The number of esters is 1. The quantitative estimate of drug-likeness (QED) is 0.805. The second-order valence-electron chi connectivity index (χ2n) is 3.58. The van der Waals surface area contributed by atoms with Crippen LogP contribution in [0.25, 0.3) is 0 Å². The van der Waals surface area contributed by atoms with Gasteiger partial charge in [0.1, 0.15) is 6.04 Å². The second kappa shape index (κ2) is 5.55. The van der Waals surface area contributed by atoms with E-state index in [1.54, 1.807) is 6.92 Å². The first-order chi connectivity index (χ1) is 8.25. The summed E-state index contributed by atoms with van der Waals surface area (Å²) >= 11 is 5.89. The van der Waals surface area contributed by atoms with Crippen LogP contribution in [0.4, 0.5) is 5.69 Å². The third kappa shape index (κ3) is 3.59. The monoisotopic (exact) mass is 292 g/mol. The Morgan fingerprint density at radius 3 is 2.61 bits per heavy atom. The molecule has 0 heterocycles. The summed E-state index contributed by atoms with van der Waals surface area (Å²) < 4.78 is 26.9. The van der Waals surface area contributed by atoms with Gasteiger partial charge in [0.25, 0.3) is 0 Å². The molecular formula is C10H13ClN2O4S. The predicted octanol–water partition coefficient (Wildman–Crippen LogP) is 0.961. The summed E-state index contributed by atoms with van der Waals surface area (Å²) in [6.45, 7) is 1.56. The molecule has 1 rings (SSSR count). The fraction of sp³-hybridized carbons (Fsp3) is 0.300. The number of nitrogens with two attached hydrogens (primary N) is 1. The molecule has 1 atom stereocenters. The topological polar surface area (TPSA) is 98.5 Å². The summed E-state index contributed by atoms with van der Waals surface area (Å²) in [5, 5.41) is 8.03. The van der Waals surface area contributed by atoms with Gasteiger partial charge in [-0.1, -0.05) is 11.6 Å². The number of hydrogen-bond acceptors (Lipinski definition) is 5. The molecule has 6 nitrogen and oxygen atoms in total. The number of anilines is 1. The van der Waals surface area contributed by atoms with Gasteiger partial charge in [0.15, 0.2) is 0 Å². The van der Waals surface area contributed by atoms with Crippen molar-refractivity contribution in [2.24, 2.45) is 5.14 Å². The first kappa shape index (κ1) is 14.7. The van der Waals surface area contributed by atoms with E-state index < -0.39 is 22.0 Å². The minimum absolute atomic E-state index is 0.0912. The van der Waals surface area contributed by atoms with E-state index in [4.69, 9.17) is 16.7 Å². The van der Waals surface area contributed by atoms with E-state index in [2.05, 4.69) is 10.1 Å². The molecule has 0 fully saturated rings. The molecule has 0 aromatic heterocycles. The van der Waals surface area contributed by atoms with Crippen LogP contribution in [0.1, 0.15) is 6.92 Å². The van der Waals surface area contributed by atoms with Gasteiger partial charge in [0, 0.05) is 0 Å². The lowest BCUT2D eigenvalue weighted by atomic mass is 10.2. The normalized spacial score (nSPS) is 12.9. The maximum Gasteiger partial charge on any atom is 0.327 e. The van der Waals surface area contributed by atoms with Gasteiger partial charge in [-0.25, -0.2) is 18.4 Å². The van der Waals surface area contributed by atoms with Crippen LogP contribution in [-0.2, 0) is 19.6 Å². The molecule has 3 N–H and O–H groups in total. The molecule has 0 spiro atoms. The number of halogens is 1. The van der Waals surface area contributed by atoms with E-state index in [9.17, 15) is 13.2 Å². The average molecular weight is 293 g/mol. The lowest BCUT2D eigenvalue weighted by Gasteiger charge is -2.14. The van der Waals surface area contributed by atoms with Crippen molar-refractivity contribution in [2.75, 3.05) is 12.4 Å². The Kier molecular flexibility index (Phi) is 4.55. The number of primary sulfonamides is 1. The summed E-state index contributed by atoms with van der Waals surface area (Å²) in [5.74, 6) is -0.493. The summed E-state index contributed by atoms with van der Waals surface area (Å²) in [5.41, 5.74) is 0.293. The van der Waals surface area contributed by atoms with E-state index >= 15 is 0 Å². The Bertz CT molecular complexity index is 559. The van der Waals surface area contributed by atoms with Crippen LogP contribution >= 0.6 is 11.6 Å². The van der Waals surface area contributed by atoms with Gasteiger partial charge >= 0.3 is 5.97 Å². The van der Waals surface area contributed by atoms with E-state index in [1.165, 1.54) is 25.3 Å². The molecule has 0 aliphatic heterocycles. The zero-order valence-corrected chi connectivity index (χ0v) is 11.4. The van der Waals surface area contributed by atoms with Crippen LogP contribution in [0.2, 0.25) is 5.02 Å². The Balaban J connectivity index is 3.06. The van der Waals surface area contributed by atoms with Crippen LogP contribution in [0.3, 0.4) is 0 Å². The number of methoxy groups -OCH3 is 1.